The fourth-order valence-electron chi connectivity index (χ4n) is 2.48. The topological polar surface area (TPSA) is 74.2 Å². The number of nitrogens with zero attached hydrogens (tertiary/aromatic N) is 2. The number of nitrogens with two attached hydrogens (primary N) is 1. The summed E-state index contributed by atoms with van der Waals surface area (Å²) in [5, 5.41) is 4.04. The number of nitrogen functional groups attached to an aromatic ring is 1. The Labute approximate surface area is 118 Å². The number of rotatable bonds is 5. The molecule has 0 bridgehead atoms. The summed E-state index contributed by atoms with van der Waals surface area (Å²) < 4.78 is 10.6. The van der Waals surface area contributed by atoms with E-state index in [1.807, 2.05) is 24.3 Å². The number of aryl methyl sites for hydroxylation is 2. The Hall–Kier alpha value is -1.88. The number of aromatic nitrogens is 2. The number of ether oxygens (including phenoxy) is 1. The van der Waals surface area contributed by atoms with Crippen LogP contribution in [-0.4, -0.2) is 23.4 Å². The molecule has 0 saturated carbocycles. The molecule has 1 aromatic heterocycles. The second-order valence-electron chi connectivity index (χ2n) is 5.24. The normalized spacial score (nSPS) is 18.5. The van der Waals surface area contributed by atoms with Gasteiger partial charge >= 0.3 is 0 Å². The van der Waals surface area contributed by atoms with Gasteiger partial charge < -0.3 is 15.0 Å². The van der Waals surface area contributed by atoms with Gasteiger partial charge in [-0.25, -0.2) is 0 Å². The Bertz CT molecular complexity index is 562. The van der Waals surface area contributed by atoms with Crippen LogP contribution in [-0.2, 0) is 24.0 Å². The highest BCUT2D eigenvalue weighted by molar-refractivity contribution is 5.46. The minimum absolute atomic E-state index is 0.533. The van der Waals surface area contributed by atoms with Gasteiger partial charge in [0.15, 0.2) is 5.82 Å². The summed E-state index contributed by atoms with van der Waals surface area (Å²) in [5.74, 6) is 2.00. The zero-order valence-corrected chi connectivity index (χ0v) is 11.4. The van der Waals surface area contributed by atoms with Gasteiger partial charge in [-0.05, 0) is 30.4 Å². The molecule has 106 valence electrons. The zero-order valence-electron chi connectivity index (χ0n) is 11.4. The van der Waals surface area contributed by atoms with Crippen LogP contribution in [0.4, 0.5) is 5.69 Å². The molecule has 1 unspecified atom stereocenters. The van der Waals surface area contributed by atoms with Crippen molar-refractivity contribution in [3.05, 3.63) is 41.5 Å². The second kappa shape index (κ2) is 6.05. The molecular weight excluding hydrogens is 254 g/mol. The summed E-state index contributed by atoms with van der Waals surface area (Å²) in [6.07, 6.45) is 3.48. The summed E-state index contributed by atoms with van der Waals surface area (Å²) >= 11 is 0. The van der Waals surface area contributed by atoms with Gasteiger partial charge in [0.1, 0.15) is 0 Å². The Morgan fingerprint density at radius 1 is 1.25 bits per heavy atom. The average Bonchev–Trinajstić information content (AvgIpc) is 3.10. The van der Waals surface area contributed by atoms with E-state index in [4.69, 9.17) is 15.0 Å². The van der Waals surface area contributed by atoms with E-state index in [0.29, 0.717) is 11.8 Å². The Balaban J connectivity index is 1.56. The summed E-state index contributed by atoms with van der Waals surface area (Å²) in [7, 11) is 0. The van der Waals surface area contributed by atoms with Crippen LogP contribution < -0.4 is 5.73 Å². The van der Waals surface area contributed by atoms with Crippen LogP contribution in [0.5, 0.6) is 0 Å². The van der Waals surface area contributed by atoms with E-state index in [2.05, 4.69) is 10.1 Å². The third-order valence-corrected chi connectivity index (χ3v) is 3.67. The van der Waals surface area contributed by atoms with Crippen LogP contribution in [0, 0.1) is 5.92 Å². The summed E-state index contributed by atoms with van der Waals surface area (Å²) in [6, 6.07) is 7.87. The molecule has 2 heterocycles. The average molecular weight is 273 g/mol. The third-order valence-electron chi connectivity index (χ3n) is 3.67. The molecule has 0 spiro atoms. The summed E-state index contributed by atoms with van der Waals surface area (Å²) in [5.41, 5.74) is 7.86. The lowest BCUT2D eigenvalue weighted by Gasteiger charge is -2.02. The van der Waals surface area contributed by atoms with Crippen LogP contribution >= 0.6 is 0 Å². The maximum Gasteiger partial charge on any atom is 0.226 e. The molecule has 1 aliphatic rings. The van der Waals surface area contributed by atoms with Gasteiger partial charge in [0.05, 0.1) is 0 Å². The second-order valence-corrected chi connectivity index (χ2v) is 5.24. The predicted octanol–water partition coefficient (Wildman–Crippen LogP) is 2.02. The molecule has 1 aliphatic heterocycles. The van der Waals surface area contributed by atoms with Crippen molar-refractivity contribution >= 4 is 5.69 Å². The van der Waals surface area contributed by atoms with Crippen molar-refractivity contribution in [3.63, 3.8) is 0 Å². The SMILES string of the molecule is Nc1ccccc1CCc1nc(CC2CCOC2)no1. The molecule has 5 heteroatoms. The molecule has 1 atom stereocenters. The molecule has 1 fully saturated rings. The quantitative estimate of drug-likeness (QED) is 0.844. The molecule has 0 aliphatic carbocycles. The molecule has 1 aromatic carbocycles. The van der Waals surface area contributed by atoms with Crippen molar-refractivity contribution in [1.82, 2.24) is 10.1 Å². The van der Waals surface area contributed by atoms with Gasteiger partial charge in [-0.3, -0.25) is 0 Å². The standard InChI is InChI=1S/C15H19N3O2/c16-13-4-2-1-3-12(13)5-6-15-17-14(18-20-15)9-11-7-8-19-10-11/h1-4,11H,5-10,16H2. The maximum absolute atomic E-state index is 5.92. The molecule has 1 saturated heterocycles. The van der Waals surface area contributed by atoms with Crippen molar-refractivity contribution < 1.29 is 9.26 Å². The molecule has 0 amide bonds. The lowest BCUT2D eigenvalue weighted by atomic mass is 10.1. The summed E-state index contributed by atoms with van der Waals surface area (Å²) in [4.78, 5) is 4.44. The van der Waals surface area contributed by atoms with Crippen molar-refractivity contribution in [1.29, 1.82) is 0 Å². The van der Waals surface area contributed by atoms with E-state index < -0.39 is 0 Å². The summed E-state index contributed by atoms with van der Waals surface area (Å²) in [6.45, 7) is 1.66. The number of para-hydroxylation sites is 1. The van der Waals surface area contributed by atoms with Crippen LogP contribution in [0.15, 0.2) is 28.8 Å². The van der Waals surface area contributed by atoms with E-state index in [9.17, 15) is 0 Å². The van der Waals surface area contributed by atoms with Crippen LogP contribution in [0.1, 0.15) is 23.7 Å². The van der Waals surface area contributed by atoms with Crippen molar-refractivity contribution in [2.45, 2.75) is 25.7 Å². The number of benzene rings is 1. The minimum Gasteiger partial charge on any atom is -0.399 e. The van der Waals surface area contributed by atoms with Crippen LogP contribution in [0.3, 0.4) is 0 Å². The predicted molar refractivity (Wildman–Crippen MR) is 75.2 cm³/mol. The van der Waals surface area contributed by atoms with E-state index in [1.54, 1.807) is 0 Å². The van der Waals surface area contributed by atoms with Crippen molar-refractivity contribution in [3.8, 4) is 0 Å². The van der Waals surface area contributed by atoms with Gasteiger partial charge in [0.2, 0.25) is 5.89 Å². The highest BCUT2D eigenvalue weighted by atomic mass is 16.5. The van der Waals surface area contributed by atoms with Crippen LogP contribution in [0.2, 0.25) is 0 Å². The van der Waals surface area contributed by atoms with E-state index in [0.717, 1.165) is 56.0 Å². The van der Waals surface area contributed by atoms with Crippen molar-refractivity contribution in [2.75, 3.05) is 18.9 Å². The Kier molecular flexibility index (Phi) is 3.97. The molecule has 0 radical (unpaired) electrons. The van der Waals surface area contributed by atoms with Crippen LogP contribution in [0.25, 0.3) is 0 Å². The molecular formula is C15H19N3O2. The lowest BCUT2D eigenvalue weighted by molar-refractivity contribution is 0.185. The monoisotopic (exact) mass is 273 g/mol. The smallest absolute Gasteiger partial charge is 0.226 e. The van der Waals surface area contributed by atoms with E-state index >= 15 is 0 Å². The van der Waals surface area contributed by atoms with Crippen molar-refractivity contribution in [2.24, 2.45) is 5.92 Å². The Morgan fingerprint density at radius 3 is 2.95 bits per heavy atom. The number of hydrogen-bond donors (Lipinski definition) is 1. The first kappa shape index (κ1) is 13.1. The fraction of sp³-hybridized carbons (Fsp3) is 0.467. The van der Waals surface area contributed by atoms with E-state index in [1.165, 1.54) is 0 Å². The first-order chi connectivity index (χ1) is 9.81. The number of hydrogen-bond acceptors (Lipinski definition) is 5. The van der Waals surface area contributed by atoms with Gasteiger partial charge in [-0.1, -0.05) is 23.4 Å². The highest BCUT2D eigenvalue weighted by Gasteiger charge is 2.19. The molecule has 5 nitrogen and oxygen atoms in total. The van der Waals surface area contributed by atoms with Gasteiger partial charge in [0, 0.05) is 31.7 Å². The minimum atomic E-state index is 0.533. The lowest BCUT2D eigenvalue weighted by Crippen LogP contribution is -2.05. The first-order valence-corrected chi connectivity index (χ1v) is 7.04. The first-order valence-electron chi connectivity index (χ1n) is 7.04. The van der Waals surface area contributed by atoms with Gasteiger partial charge in [0.25, 0.3) is 0 Å². The van der Waals surface area contributed by atoms with Gasteiger partial charge in [-0.15, -0.1) is 0 Å². The molecule has 2 aromatic rings. The Morgan fingerprint density at radius 2 is 2.15 bits per heavy atom. The molecule has 20 heavy (non-hydrogen) atoms. The molecule has 3 rings (SSSR count). The largest absolute Gasteiger partial charge is 0.399 e. The zero-order chi connectivity index (χ0) is 13.8. The van der Waals surface area contributed by atoms with E-state index in [-0.39, 0.29) is 0 Å². The number of anilines is 1. The van der Waals surface area contributed by atoms with Gasteiger partial charge in [-0.2, -0.15) is 4.98 Å². The molecule has 2 N–H and O–H groups in total. The fourth-order valence-corrected chi connectivity index (χ4v) is 2.48. The maximum atomic E-state index is 5.92. The third kappa shape index (κ3) is 3.17. The highest BCUT2D eigenvalue weighted by Crippen LogP contribution is 2.17.